The van der Waals surface area contributed by atoms with Gasteiger partial charge in [0, 0.05) is 0 Å². The van der Waals surface area contributed by atoms with Crippen LogP contribution in [0.15, 0.2) is 48.5 Å². The standard InChI is InChI=1S/C20H18O7/c1-12-3-7-14(8-4-12)19(24)26-16(11-21)17(18(22)23)27-20(25)15-9-5-13(2)6-10-15/h3-11,16-17H,1-2H3,(H,22,23)/t16-,17+/m1/s1. The van der Waals surface area contributed by atoms with Gasteiger partial charge < -0.3 is 14.6 Å². The predicted octanol–water partition coefficient (Wildman–Crippen LogP) is 2.34. The molecule has 27 heavy (non-hydrogen) atoms. The Bertz CT molecular complexity index is 838. The second-order valence-electron chi connectivity index (χ2n) is 5.90. The molecule has 7 heteroatoms. The van der Waals surface area contributed by atoms with E-state index < -0.39 is 30.1 Å². The zero-order valence-corrected chi connectivity index (χ0v) is 14.7. The molecule has 0 aliphatic carbocycles. The SMILES string of the molecule is Cc1ccc(C(=O)O[C@H](C(=O)O)[C@@H](C=O)OC(=O)c2ccc(C)cc2)cc1. The summed E-state index contributed by atoms with van der Waals surface area (Å²) in [6, 6.07) is 12.5. The Morgan fingerprint density at radius 1 is 0.815 bits per heavy atom. The molecule has 0 radical (unpaired) electrons. The fourth-order valence-electron chi connectivity index (χ4n) is 2.17. The maximum Gasteiger partial charge on any atom is 0.349 e. The van der Waals surface area contributed by atoms with Crippen molar-refractivity contribution >= 4 is 24.2 Å². The monoisotopic (exact) mass is 370 g/mol. The third kappa shape index (κ3) is 5.24. The van der Waals surface area contributed by atoms with Crippen molar-refractivity contribution in [2.45, 2.75) is 26.1 Å². The molecule has 0 heterocycles. The molecule has 1 N–H and O–H groups in total. The lowest BCUT2D eigenvalue weighted by molar-refractivity contribution is -0.155. The van der Waals surface area contributed by atoms with Crippen LogP contribution in [0.3, 0.4) is 0 Å². The van der Waals surface area contributed by atoms with E-state index in [2.05, 4.69) is 0 Å². The van der Waals surface area contributed by atoms with Gasteiger partial charge in [-0.05, 0) is 38.1 Å². The molecular weight excluding hydrogens is 352 g/mol. The van der Waals surface area contributed by atoms with Crippen molar-refractivity contribution in [1.29, 1.82) is 0 Å². The van der Waals surface area contributed by atoms with Crippen molar-refractivity contribution in [3.05, 3.63) is 70.8 Å². The zero-order chi connectivity index (χ0) is 20.0. The molecule has 0 aliphatic heterocycles. The molecule has 0 bridgehead atoms. The number of hydrogen-bond acceptors (Lipinski definition) is 6. The molecule has 2 rings (SSSR count). The van der Waals surface area contributed by atoms with E-state index in [-0.39, 0.29) is 17.4 Å². The molecule has 0 aliphatic rings. The lowest BCUT2D eigenvalue weighted by Gasteiger charge is -2.20. The number of aldehydes is 1. The second kappa shape index (κ2) is 8.75. The van der Waals surface area contributed by atoms with E-state index in [0.29, 0.717) is 0 Å². The molecule has 0 amide bonds. The van der Waals surface area contributed by atoms with Crippen molar-refractivity contribution in [2.24, 2.45) is 0 Å². The normalized spacial score (nSPS) is 12.5. The molecule has 140 valence electrons. The maximum atomic E-state index is 12.1. The molecule has 7 nitrogen and oxygen atoms in total. The number of esters is 2. The molecule has 0 saturated heterocycles. The molecule has 0 saturated carbocycles. The van der Waals surface area contributed by atoms with E-state index in [0.717, 1.165) is 11.1 Å². The number of rotatable bonds is 7. The van der Waals surface area contributed by atoms with Crippen LogP contribution in [-0.2, 0) is 19.1 Å². The third-order valence-electron chi connectivity index (χ3n) is 3.73. The van der Waals surface area contributed by atoms with Crippen LogP contribution in [0.25, 0.3) is 0 Å². The van der Waals surface area contributed by atoms with Crippen LogP contribution in [-0.4, -0.2) is 41.5 Å². The van der Waals surface area contributed by atoms with Gasteiger partial charge in [0.15, 0.2) is 6.29 Å². The summed E-state index contributed by atoms with van der Waals surface area (Å²) in [4.78, 5) is 47.0. The van der Waals surface area contributed by atoms with E-state index in [1.807, 2.05) is 13.8 Å². The van der Waals surface area contributed by atoms with Gasteiger partial charge in [-0.1, -0.05) is 35.4 Å². The summed E-state index contributed by atoms with van der Waals surface area (Å²) in [6.07, 6.45) is -3.63. The highest BCUT2D eigenvalue weighted by molar-refractivity contribution is 5.94. The van der Waals surface area contributed by atoms with Crippen molar-refractivity contribution in [3.63, 3.8) is 0 Å². The summed E-state index contributed by atoms with van der Waals surface area (Å²) in [7, 11) is 0. The fraction of sp³-hybridized carbons (Fsp3) is 0.200. The first-order valence-electron chi connectivity index (χ1n) is 8.05. The Hall–Kier alpha value is -3.48. The minimum absolute atomic E-state index is 0.112. The number of aryl methyl sites for hydroxylation is 2. The van der Waals surface area contributed by atoms with Crippen molar-refractivity contribution in [3.8, 4) is 0 Å². The number of hydrogen-bond donors (Lipinski definition) is 1. The Kier molecular flexibility index (Phi) is 6.43. The lowest BCUT2D eigenvalue weighted by atomic mass is 10.1. The van der Waals surface area contributed by atoms with Crippen LogP contribution >= 0.6 is 0 Å². The number of aliphatic carboxylic acids is 1. The van der Waals surface area contributed by atoms with E-state index >= 15 is 0 Å². The molecule has 0 spiro atoms. The van der Waals surface area contributed by atoms with E-state index in [1.165, 1.54) is 24.3 Å². The summed E-state index contributed by atoms with van der Waals surface area (Å²) in [5, 5.41) is 9.31. The smallest absolute Gasteiger partial charge is 0.349 e. The van der Waals surface area contributed by atoms with Crippen molar-refractivity contribution in [2.75, 3.05) is 0 Å². The molecule has 2 aromatic carbocycles. The van der Waals surface area contributed by atoms with Crippen LogP contribution in [0.4, 0.5) is 0 Å². The number of carbonyl (C=O) groups excluding carboxylic acids is 3. The molecule has 0 unspecified atom stereocenters. The van der Waals surface area contributed by atoms with Gasteiger partial charge in [-0.2, -0.15) is 0 Å². The van der Waals surface area contributed by atoms with Gasteiger partial charge in [0.05, 0.1) is 11.1 Å². The predicted molar refractivity (Wildman–Crippen MR) is 94.5 cm³/mol. The van der Waals surface area contributed by atoms with Crippen molar-refractivity contribution in [1.82, 2.24) is 0 Å². The van der Waals surface area contributed by atoms with Crippen LogP contribution in [0.1, 0.15) is 31.8 Å². The highest BCUT2D eigenvalue weighted by Crippen LogP contribution is 2.13. The van der Waals surface area contributed by atoms with Gasteiger partial charge in [-0.15, -0.1) is 0 Å². The van der Waals surface area contributed by atoms with Gasteiger partial charge in [0.1, 0.15) is 0 Å². The van der Waals surface area contributed by atoms with Crippen molar-refractivity contribution < 1.29 is 33.8 Å². The topological polar surface area (TPSA) is 107 Å². The Morgan fingerprint density at radius 2 is 1.22 bits per heavy atom. The van der Waals surface area contributed by atoms with E-state index in [9.17, 15) is 24.3 Å². The summed E-state index contributed by atoms with van der Waals surface area (Å²) in [5.74, 6) is -3.45. The fourth-order valence-corrected chi connectivity index (χ4v) is 2.17. The highest BCUT2D eigenvalue weighted by atomic mass is 16.6. The first kappa shape index (κ1) is 19.8. The van der Waals surface area contributed by atoms with Crippen LogP contribution < -0.4 is 0 Å². The summed E-state index contributed by atoms with van der Waals surface area (Å²) >= 11 is 0. The summed E-state index contributed by atoms with van der Waals surface area (Å²) in [5.41, 5.74) is 2.07. The van der Waals surface area contributed by atoms with Gasteiger partial charge in [-0.25, -0.2) is 14.4 Å². The van der Waals surface area contributed by atoms with E-state index in [1.54, 1.807) is 24.3 Å². The van der Waals surface area contributed by atoms with Crippen LogP contribution in [0, 0.1) is 13.8 Å². The second-order valence-corrected chi connectivity index (χ2v) is 5.90. The minimum Gasteiger partial charge on any atom is -0.478 e. The number of carboxylic acid groups (broad SMARTS) is 1. The molecule has 0 fully saturated rings. The molecule has 0 aromatic heterocycles. The van der Waals surface area contributed by atoms with Gasteiger partial charge in [0.25, 0.3) is 0 Å². The third-order valence-corrected chi connectivity index (χ3v) is 3.73. The van der Waals surface area contributed by atoms with Crippen LogP contribution in [0.5, 0.6) is 0 Å². The summed E-state index contributed by atoms with van der Waals surface area (Å²) < 4.78 is 9.84. The largest absolute Gasteiger partial charge is 0.478 e. The van der Waals surface area contributed by atoms with E-state index in [4.69, 9.17) is 9.47 Å². The maximum absolute atomic E-state index is 12.1. The Labute approximate surface area is 155 Å². The first-order valence-corrected chi connectivity index (χ1v) is 8.05. The minimum atomic E-state index is -1.97. The zero-order valence-electron chi connectivity index (χ0n) is 14.7. The highest BCUT2D eigenvalue weighted by Gasteiger charge is 2.35. The number of benzene rings is 2. The number of ether oxygens (including phenoxy) is 2. The Morgan fingerprint density at radius 3 is 1.59 bits per heavy atom. The summed E-state index contributed by atoms with van der Waals surface area (Å²) in [6.45, 7) is 3.65. The molecule has 2 aromatic rings. The van der Waals surface area contributed by atoms with Gasteiger partial charge in [-0.3, -0.25) is 4.79 Å². The quantitative estimate of drug-likeness (QED) is 0.589. The lowest BCUT2D eigenvalue weighted by Crippen LogP contribution is -2.42. The van der Waals surface area contributed by atoms with Crippen LogP contribution in [0.2, 0.25) is 0 Å². The average Bonchev–Trinajstić information content (AvgIpc) is 2.65. The van der Waals surface area contributed by atoms with Gasteiger partial charge >= 0.3 is 17.9 Å². The Balaban J connectivity index is 2.14. The van der Waals surface area contributed by atoms with Gasteiger partial charge in [0.2, 0.25) is 12.2 Å². The molecular formula is C20H18O7. The first-order chi connectivity index (χ1) is 12.8. The molecule has 2 atom stereocenters. The number of carbonyl (C=O) groups is 4. The number of carboxylic acids is 1. The average molecular weight is 370 g/mol.